The van der Waals surface area contributed by atoms with Gasteiger partial charge in [0.15, 0.2) is 0 Å². The van der Waals surface area contributed by atoms with E-state index in [0.717, 1.165) is 18.1 Å². The summed E-state index contributed by atoms with van der Waals surface area (Å²) in [5.41, 5.74) is 0. The third-order valence-corrected chi connectivity index (χ3v) is 3.75. The Hall–Kier alpha value is -0.220. The van der Waals surface area contributed by atoms with Gasteiger partial charge in [-0.15, -0.1) is 23.4 Å². The molecule has 1 rings (SSSR count). The van der Waals surface area contributed by atoms with E-state index < -0.39 is 0 Å². The van der Waals surface area contributed by atoms with Gasteiger partial charge in [-0.05, 0) is 5.92 Å². The van der Waals surface area contributed by atoms with Crippen molar-refractivity contribution in [2.45, 2.75) is 38.3 Å². The Morgan fingerprint density at radius 1 is 1.47 bits per heavy atom. The molecule has 0 aliphatic carbocycles. The quantitative estimate of drug-likeness (QED) is 0.725. The van der Waals surface area contributed by atoms with E-state index in [1.165, 1.54) is 0 Å². The molecule has 0 aliphatic rings. The summed E-state index contributed by atoms with van der Waals surface area (Å²) in [6.07, 6.45) is 1.63. The number of aromatic nitrogens is 3. The lowest BCUT2D eigenvalue weighted by molar-refractivity contribution is 0.471. The summed E-state index contributed by atoms with van der Waals surface area (Å²) in [6, 6.07) is 0. The van der Waals surface area contributed by atoms with E-state index in [9.17, 15) is 0 Å². The van der Waals surface area contributed by atoms with Crippen LogP contribution in [0.4, 0.5) is 0 Å². The van der Waals surface area contributed by atoms with Crippen molar-refractivity contribution in [3.05, 3.63) is 12.2 Å². The highest BCUT2D eigenvalue weighted by molar-refractivity contribution is 7.99. The zero-order valence-corrected chi connectivity index (χ0v) is 11.1. The SMILES string of the molecule is CC(C)Cn1ncnc1CSC(C)CCl. The maximum Gasteiger partial charge on any atom is 0.138 e. The summed E-state index contributed by atoms with van der Waals surface area (Å²) in [5.74, 6) is 3.22. The molecule has 1 aromatic heterocycles. The summed E-state index contributed by atoms with van der Waals surface area (Å²) in [7, 11) is 0. The Bertz CT molecular complexity index is 288. The average Bonchev–Trinajstić information content (AvgIpc) is 2.61. The van der Waals surface area contributed by atoms with Gasteiger partial charge in [0, 0.05) is 17.7 Å². The summed E-state index contributed by atoms with van der Waals surface area (Å²) < 4.78 is 1.98. The Morgan fingerprint density at radius 2 is 2.20 bits per heavy atom. The second-order valence-electron chi connectivity index (χ2n) is 4.03. The van der Waals surface area contributed by atoms with Crippen LogP contribution in [-0.2, 0) is 12.3 Å². The highest BCUT2D eigenvalue weighted by Gasteiger charge is 2.08. The number of alkyl halides is 1. The van der Waals surface area contributed by atoms with Gasteiger partial charge in [-0.25, -0.2) is 9.67 Å². The van der Waals surface area contributed by atoms with Crippen molar-refractivity contribution in [2.24, 2.45) is 5.92 Å². The molecule has 0 saturated heterocycles. The van der Waals surface area contributed by atoms with Crippen LogP contribution in [-0.4, -0.2) is 25.9 Å². The molecule has 1 aromatic rings. The molecule has 1 unspecified atom stereocenters. The maximum absolute atomic E-state index is 5.75. The molecule has 3 nitrogen and oxygen atoms in total. The first-order valence-electron chi connectivity index (χ1n) is 5.17. The van der Waals surface area contributed by atoms with E-state index in [1.54, 1.807) is 6.33 Å². The molecule has 1 heterocycles. The van der Waals surface area contributed by atoms with E-state index in [2.05, 4.69) is 30.9 Å². The molecule has 0 radical (unpaired) electrons. The molecule has 0 saturated carbocycles. The standard InChI is InChI=1S/C10H18ClN3S/c1-8(2)5-14-10(12-7-13-14)6-15-9(3)4-11/h7-9H,4-6H2,1-3H3. The van der Waals surface area contributed by atoms with E-state index >= 15 is 0 Å². The fraction of sp³-hybridized carbons (Fsp3) is 0.800. The fourth-order valence-electron chi connectivity index (χ4n) is 1.16. The maximum atomic E-state index is 5.75. The zero-order chi connectivity index (χ0) is 11.3. The number of nitrogens with zero attached hydrogens (tertiary/aromatic N) is 3. The normalized spacial score (nSPS) is 13.4. The van der Waals surface area contributed by atoms with E-state index in [1.807, 2.05) is 16.4 Å². The third-order valence-electron chi connectivity index (χ3n) is 1.95. The lowest BCUT2D eigenvalue weighted by atomic mass is 10.2. The van der Waals surface area contributed by atoms with Crippen LogP contribution in [0.15, 0.2) is 6.33 Å². The van der Waals surface area contributed by atoms with E-state index in [0.29, 0.717) is 17.0 Å². The molecule has 0 N–H and O–H groups in total. The molecule has 0 amide bonds. The molecule has 5 heteroatoms. The molecule has 86 valence electrons. The van der Waals surface area contributed by atoms with Crippen molar-refractivity contribution >= 4 is 23.4 Å². The lowest BCUT2D eigenvalue weighted by Gasteiger charge is -2.10. The number of thioether (sulfide) groups is 1. The van der Waals surface area contributed by atoms with Crippen molar-refractivity contribution < 1.29 is 0 Å². The Kier molecular flexibility index (Phi) is 5.47. The highest BCUT2D eigenvalue weighted by Crippen LogP contribution is 2.17. The first-order chi connectivity index (χ1) is 7.13. The number of halogens is 1. The van der Waals surface area contributed by atoms with Gasteiger partial charge in [-0.1, -0.05) is 20.8 Å². The van der Waals surface area contributed by atoms with Crippen molar-refractivity contribution in [1.82, 2.24) is 14.8 Å². The molecule has 0 aliphatic heterocycles. The first kappa shape index (κ1) is 12.8. The Labute approximate surface area is 101 Å². The van der Waals surface area contributed by atoms with Crippen LogP contribution in [0.5, 0.6) is 0 Å². The number of rotatable bonds is 6. The van der Waals surface area contributed by atoms with Gasteiger partial charge in [-0.3, -0.25) is 0 Å². The molecule has 15 heavy (non-hydrogen) atoms. The highest BCUT2D eigenvalue weighted by atomic mass is 35.5. The molecule has 1 atom stereocenters. The second kappa shape index (κ2) is 6.38. The summed E-state index contributed by atoms with van der Waals surface area (Å²) in [5, 5.41) is 4.69. The van der Waals surface area contributed by atoms with Crippen molar-refractivity contribution in [2.75, 3.05) is 5.88 Å². The minimum Gasteiger partial charge on any atom is -0.249 e. The Morgan fingerprint density at radius 3 is 2.80 bits per heavy atom. The van der Waals surface area contributed by atoms with Crippen LogP contribution >= 0.6 is 23.4 Å². The van der Waals surface area contributed by atoms with Gasteiger partial charge in [-0.2, -0.15) is 5.10 Å². The van der Waals surface area contributed by atoms with Crippen molar-refractivity contribution in [3.63, 3.8) is 0 Å². The molecule has 0 fully saturated rings. The number of hydrogen-bond acceptors (Lipinski definition) is 3. The van der Waals surface area contributed by atoms with Gasteiger partial charge >= 0.3 is 0 Å². The van der Waals surface area contributed by atoms with Crippen LogP contribution in [0.1, 0.15) is 26.6 Å². The monoisotopic (exact) mass is 247 g/mol. The van der Waals surface area contributed by atoms with E-state index in [-0.39, 0.29) is 0 Å². The zero-order valence-electron chi connectivity index (χ0n) is 9.48. The topological polar surface area (TPSA) is 30.7 Å². The molecule has 0 spiro atoms. The van der Waals surface area contributed by atoms with Gasteiger partial charge in [0.1, 0.15) is 12.2 Å². The van der Waals surface area contributed by atoms with Crippen LogP contribution in [0.25, 0.3) is 0 Å². The van der Waals surface area contributed by atoms with Gasteiger partial charge in [0.2, 0.25) is 0 Å². The van der Waals surface area contributed by atoms with Crippen LogP contribution < -0.4 is 0 Å². The van der Waals surface area contributed by atoms with Crippen molar-refractivity contribution in [3.8, 4) is 0 Å². The average molecular weight is 248 g/mol. The molecular weight excluding hydrogens is 230 g/mol. The van der Waals surface area contributed by atoms with Crippen LogP contribution in [0.2, 0.25) is 0 Å². The smallest absolute Gasteiger partial charge is 0.138 e. The predicted octanol–water partition coefficient (Wildman–Crippen LogP) is 2.79. The lowest BCUT2D eigenvalue weighted by Crippen LogP contribution is -2.10. The van der Waals surface area contributed by atoms with Gasteiger partial charge < -0.3 is 0 Å². The van der Waals surface area contributed by atoms with Crippen LogP contribution in [0.3, 0.4) is 0 Å². The molecule has 0 bridgehead atoms. The fourth-order valence-corrected chi connectivity index (χ4v) is 2.17. The summed E-state index contributed by atoms with van der Waals surface area (Å²) in [6.45, 7) is 7.42. The van der Waals surface area contributed by atoms with E-state index in [4.69, 9.17) is 11.6 Å². The predicted molar refractivity (Wildman–Crippen MR) is 66.3 cm³/mol. The largest absolute Gasteiger partial charge is 0.249 e. The minimum absolute atomic E-state index is 0.468. The second-order valence-corrected chi connectivity index (χ2v) is 5.76. The molecule has 0 aromatic carbocycles. The van der Waals surface area contributed by atoms with Gasteiger partial charge in [0.05, 0.1) is 5.75 Å². The Balaban J connectivity index is 2.49. The summed E-state index contributed by atoms with van der Waals surface area (Å²) in [4.78, 5) is 4.26. The minimum atomic E-state index is 0.468. The van der Waals surface area contributed by atoms with Crippen LogP contribution in [0, 0.1) is 5.92 Å². The molecular formula is C10H18ClN3S. The third kappa shape index (κ3) is 4.43. The van der Waals surface area contributed by atoms with Gasteiger partial charge in [0.25, 0.3) is 0 Å². The van der Waals surface area contributed by atoms with Crippen molar-refractivity contribution in [1.29, 1.82) is 0 Å². The summed E-state index contributed by atoms with van der Waals surface area (Å²) >= 11 is 7.57. The first-order valence-corrected chi connectivity index (χ1v) is 6.76. The number of hydrogen-bond donors (Lipinski definition) is 0.